The molecule has 3 rings (SSSR count). The Morgan fingerprint density at radius 3 is 2.18 bits per heavy atom. The van der Waals surface area contributed by atoms with E-state index in [4.69, 9.17) is 4.74 Å². The molecule has 0 spiro atoms. The number of amides is 3. The van der Waals surface area contributed by atoms with Gasteiger partial charge >= 0.3 is 5.97 Å². The van der Waals surface area contributed by atoms with E-state index in [0.29, 0.717) is 29.7 Å². The lowest BCUT2D eigenvalue weighted by Crippen LogP contribution is -2.46. The molecule has 1 aliphatic heterocycles. The Balaban J connectivity index is 1.56. The number of imide groups is 1. The molecule has 0 aliphatic carbocycles. The maximum absolute atomic E-state index is 12.9. The third-order valence-electron chi connectivity index (χ3n) is 5.74. The van der Waals surface area contributed by atoms with Crippen LogP contribution in [0.3, 0.4) is 0 Å². The van der Waals surface area contributed by atoms with Crippen molar-refractivity contribution in [3.8, 4) is 0 Å². The summed E-state index contributed by atoms with van der Waals surface area (Å²) in [5, 5.41) is 2.93. The highest BCUT2D eigenvalue weighted by molar-refractivity contribution is 7.98. The fourth-order valence-electron chi connectivity index (χ4n) is 4.15. The molecular weight excluding hydrogens is 452 g/mol. The van der Waals surface area contributed by atoms with Crippen LogP contribution in [0.1, 0.15) is 56.7 Å². The van der Waals surface area contributed by atoms with Gasteiger partial charge in [-0.15, -0.1) is 0 Å². The molecule has 3 amide bonds. The number of hydrogen-bond donors (Lipinski definition) is 1. The molecule has 0 bridgehead atoms. The van der Waals surface area contributed by atoms with Crippen LogP contribution in [-0.2, 0) is 14.3 Å². The van der Waals surface area contributed by atoms with Crippen molar-refractivity contribution in [1.82, 2.24) is 4.90 Å². The first-order valence-electron chi connectivity index (χ1n) is 11.2. The Hall–Kier alpha value is -3.13. The van der Waals surface area contributed by atoms with Crippen molar-refractivity contribution in [2.45, 2.75) is 46.1 Å². The number of ether oxygens (including phenoxy) is 1. The van der Waals surface area contributed by atoms with E-state index in [0.717, 1.165) is 27.3 Å². The fraction of sp³-hybridized carbons (Fsp3) is 0.385. The summed E-state index contributed by atoms with van der Waals surface area (Å²) in [7, 11) is 0. The fourth-order valence-corrected chi connectivity index (χ4v) is 4.61. The average molecular weight is 483 g/mol. The average Bonchev–Trinajstić information content (AvgIpc) is 3.05. The molecule has 8 heteroatoms. The van der Waals surface area contributed by atoms with Crippen molar-refractivity contribution in [2.75, 3.05) is 23.9 Å². The monoisotopic (exact) mass is 482 g/mol. The Bertz CT molecular complexity index is 1060. The number of carbonyl (C=O) groups is 4. The summed E-state index contributed by atoms with van der Waals surface area (Å²) in [5.41, 5.74) is 4.52. The van der Waals surface area contributed by atoms with E-state index in [1.807, 2.05) is 39.2 Å². The zero-order valence-corrected chi connectivity index (χ0v) is 20.8. The number of anilines is 1. The van der Waals surface area contributed by atoms with E-state index in [-0.39, 0.29) is 18.9 Å². The molecule has 0 saturated carbocycles. The van der Waals surface area contributed by atoms with Crippen LogP contribution in [0, 0.1) is 20.8 Å². The molecule has 0 aromatic heterocycles. The molecule has 180 valence electrons. The number of hydrogen-bond acceptors (Lipinski definition) is 6. The number of nitrogens with zero attached hydrogens (tertiary/aromatic N) is 1. The first-order valence-corrected chi connectivity index (χ1v) is 12.6. The van der Waals surface area contributed by atoms with Crippen molar-refractivity contribution in [1.29, 1.82) is 0 Å². The molecule has 7 nitrogen and oxygen atoms in total. The molecule has 1 N–H and O–H groups in total. The van der Waals surface area contributed by atoms with Gasteiger partial charge in [-0.05, 0) is 68.9 Å². The first-order chi connectivity index (χ1) is 16.2. The maximum Gasteiger partial charge on any atom is 0.329 e. The molecule has 1 heterocycles. The minimum absolute atomic E-state index is 0.0249. The van der Waals surface area contributed by atoms with E-state index in [2.05, 4.69) is 5.32 Å². The van der Waals surface area contributed by atoms with E-state index >= 15 is 0 Å². The van der Waals surface area contributed by atoms with E-state index < -0.39 is 23.8 Å². The molecule has 1 aliphatic rings. The highest BCUT2D eigenvalue weighted by Crippen LogP contribution is 2.27. The minimum Gasteiger partial charge on any atom is -0.464 e. The molecule has 2 aromatic carbocycles. The van der Waals surface area contributed by atoms with Gasteiger partial charge in [0.2, 0.25) is 5.91 Å². The standard InChI is InChI=1S/C26H30N2O5S/c1-16-14-17(2)23(18(3)15-16)27-22(29)10-7-12-33-26(32)21(11-13-34-4)28-24(30)19-8-5-6-9-20(19)25(28)31/h5-6,8-9,14-15,21H,7,10-13H2,1-4H3,(H,27,29). The largest absolute Gasteiger partial charge is 0.464 e. The lowest BCUT2D eigenvalue weighted by atomic mass is 10.0. The van der Waals surface area contributed by atoms with Crippen molar-refractivity contribution in [3.05, 3.63) is 64.2 Å². The normalized spacial score (nSPS) is 13.6. The number of nitrogens with one attached hydrogen (secondary N) is 1. The number of rotatable bonds is 10. The third kappa shape index (κ3) is 5.67. The highest BCUT2D eigenvalue weighted by Gasteiger charge is 2.43. The van der Waals surface area contributed by atoms with Crippen LogP contribution in [0.2, 0.25) is 0 Å². The predicted molar refractivity (Wildman–Crippen MR) is 133 cm³/mol. The van der Waals surface area contributed by atoms with Gasteiger partial charge in [-0.2, -0.15) is 11.8 Å². The van der Waals surface area contributed by atoms with Gasteiger partial charge in [-0.3, -0.25) is 19.3 Å². The van der Waals surface area contributed by atoms with Crippen LogP contribution in [0.5, 0.6) is 0 Å². The summed E-state index contributed by atoms with van der Waals surface area (Å²) >= 11 is 1.52. The number of esters is 1. The van der Waals surface area contributed by atoms with Crippen LogP contribution in [0.15, 0.2) is 36.4 Å². The first kappa shape index (κ1) is 25.5. The van der Waals surface area contributed by atoms with Crippen LogP contribution < -0.4 is 5.32 Å². The number of benzene rings is 2. The van der Waals surface area contributed by atoms with Gasteiger partial charge in [-0.1, -0.05) is 29.8 Å². The third-order valence-corrected chi connectivity index (χ3v) is 6.38. The second kappa shape index (κ2) is 11.3. The summed E-state index contributed by atoms with van der Waals surface area (Å²) in [4.78, 5) is 51.9. The van der Waals surface area contributed by atoms with Gasteiger partial charge in [0.1, 0.15) is 6.04 Å². The summed E-state index contributed by atoms with van der Waals surface area (Å²) in [6.45, 7) is 5.93. The second-order valence-corrected chi connectivity index (χ2v) is 9.40. The van der Waals surface area contributed by atoms with Crippen LogP contribution in [0.25, 0.3) is 0 Å². The zero-order chi connectivity index (χ0) is 24.8. The lowest BCUT2D eigenvalue weighted by Gasteiger charge is -2.24. The lowest BCUT2D eigenvalue weighted by molar-refractivity contribution is -0.148. The van der Waals surface area contributed by atoms with E-state index in [1.165, 1.54) is 11.8 Å². The Labute approximate surface area is 204 Å². The molecule has 2 aromatic rings. The quantitative estimate of drug-likeness (QED) is 0.309. The van der Waals surface area contributed by atoms with Crippen molar-refractivity contribution >= 4 is 41.1 Å². The smallest absolute Gasteiger partial charge is 0.329 e. The molecule has 1 atom stereocenters. The number of aryl methyl sites for hydroxylation is 3. The Kier molecular flexibility index (Phi) is 8.50. The van der Waals surface area contributed by atoms with Gasteiger partial charge in [-0.25, -0.2) is 4.79 Å². The topological polar surface area (TPSA) is 92.8 Å². The van der Waals surface area contributed by atoms with Gasteiger partial charge < -0.3 is 10.1 Å². The SMILES string of the molecule is CSCCC(C(=O)OCCCC(=O)Nc1c(C)cc(C)cc1C)N1C(=O)c2ccccc2C1=O. The molecule has 1 unspecified atom stereocenters. The number of fused-ring (bicyclic) bond motifs is 1. The Morgan fingerprint density at radius 1 is 1.03 bits per heavy atom. The van der Waals surface area contributed by atoms with Gasteiger partial charge in [0.15, 0.2) is 0 Å². The van der Waals surface area contributed by atoms with Crippen LogP contribution in [0.4, 0.5) is 5.69 Å². The van der Waals surface area contributed by atoms with Crippen molar-refractivity contribution in [3.63, 3.8) is 0 Å². The second-order valence-electron chi connectivity index (χ2n) is 8.42. The number of thioether (sulfide) groups is 1. The summed E-state index contributed by atoms with van der Waals surface area (Å²) in [6, 6.07) is 9.58. The van der Waals surface area contributed by atoms with Gasteiger partial charge in [0.05, 0.1) is 17.7 Å². The van der Waals surface area contributed by atoms with Crippen LogP contribution >= 0.6 is 11.8 Å². The maximum atomic E-state index is 12.9. The molecule has 34 heavy (non-hydrogen) atoms. The number of carbonyl (C=O) groups excluding carboxylic acids is 4. The Morgan fingerprint density at radius 2 is 1.62 bits per heavy atom. The molecule has 0 saturated heterocycles. The molecule has 0 fully saturated rings. The van der Waals surface area contributed by atoms with E-state index in [1.54, 1.807) is 24.3 Å². The summed E-state index contributed by atoms with van der Waals surface area (Å²) < 4.78 is 5.40. The van der Waals surface area contributed by atoms with Crippen molar-refractivity contribution < 1.29 is 23.9 Å². The highest BCUT2D eigenvalue weighted by atomic mass is 32.2. The van der Waals surface area contributed by atoms with E-state index in [9.17, 15) is 19.2 Å². The summed E-state index contributed by atoms with van der Waals surface area (Å²) in [5.74, 6) is -1.16. The molecular formula is C26H30N2O5S. The summed E-state index contributed by atoms with van der Waals surface area (Å²) in [6.07, 6.45) is 2.71. The zero-order valence-electron chi connectivity index (χ0n) is 20.0. The van der Waals surface area contributed by atoms with Crippen molar-refractivity contribution in [2.24, 2.45) is 0 Å². The van der Waals surface area contributed by atoms with Gasteiger partial charge in [0, 0.05) is 12.1 Å². The molecule has 0 radical (unpaired) electrons. The van der Waals surface area contributed by atoms with Crippen LogP contribution in [-0.4, -0.2) is 53.2 Å². The minimum atomic E-state index is -0.994. The van der Waals surface area contributed by atoms with Gasteiger partial charge in [0.25, 0.3) is 11.8 Å². The predicted octanol–water partition coefficient (Wildman–Crippen LogP) is 4.29.